The van der Waals surface area contributed by atoms with E-state index in [4.69, 9.17) is 18.6 Å². The molecule has 0 spiro atoms. The van der Waals surface area contributed by atoms with Gasteiger partial charge in [0.1, 0.15) is 18.0 Å². The van der Waals surface area contributed by atoms with Gasteiger partial charge in [0.15, 0.2) is 0 Å². The van der Waals surface area contributed by atoms with Gasteiger partial charge >= 0.3 is 17.9 Å². The molecule has 0 unspecified atom stereocenters. The summed E-state index contributed by atoms with van der Waals surface area (Å²) in [7, 11) is 1.34. The van der Waals surface area contributed by atoms with Crippen molar-refractivity contribution in [2.45, 2.75) is 73.0 Å². The second kappa shape index (κ2) is 9.60. The summed E-state index contributed by atoms with van der Waals surface area (Å²) in [5.41, 5.74) is 0.728. The Morgan fingerprint density at radius 3 is 2.52 bits per heavy atom. The normalized spacial score (nSPS) is 36.4. The number of fused-ring (bicyclic) bond motifs is 6. The smallest absolute Gasteiger partial charge is 0.333 e. The maximum absolute atomic E-state index is 14.4. The first-order valence-corrected chi connectivity index (χ1v) is 13.9. The van der Waals surface area contributed by atoms with E-state index in [-0.39, 0.29) is 18.1 Å². The molecular formula is C32H38O8. The number of cyclic esters (lactones) is 1. The van der Waals surface area contributed by atoms with Gasteiger partial charge in [0.2, 0.25) is 0 Å². The summed E-state index contributed by atoms with van der Waals surface area (Å²) in [4.78, 5) is 53.2. The van der Waals surface area contributed by atoms with Crippen molar-refractivity contribution in [3.63, 3.8) is 0 Å². The third-order valence-electron chi connectivity index (χ3n) is 10.4. The largest absolute Gasteiger partial charge is 0.472 e. The summed E-state index contributed by atoms with van der Waals surface area (Å²) in [5, 5.41) is 0. The number of carbonyl (C=O) groups is 4. The van der Waals surface area contributed by atoms with E-state index in [1.165, 1.54) is 7.11 Å². The number of allylic oxidation sites excluding steroid dienone is 2. The van der Waals surface area contributed by atoms with Gasteiger partial charge in [-0.3, -0.25) is 9.59 Å². The van der Waals surface area contributed by atoms with E-state index in [1.54, 1.807) is 44.6 Å². The molecular weight excluding hydrogens is 512 g/mol. The molecule has 5 rings (SSSR count). The minimum atomic E-state index is -0.945. The third kappa shape index (κ3) is 3.93. The molecule has 1 aromatic heterocycles. The van der Waals surface area contributed by atoms with Crippen LogP contribution >= 0.6 is 0 Å². The van der Waals surface area contributed by atoms with Crippen molar-refractivity contribution in [3.8, 4) is 0 Å². The number of ketones is 1. The van der Waals surface area contributed by atoms with Crippen LogP contribution in [-0.2, 0) is 33.4 Å². The van der Waals surface area contributed by atoms with Gasteiger partial charge in [0, 0.05) is 39.9 Å². The minimum absolute atomic E-state index is 0.00882. The lowest BCUT2D eigenvalue weighted by molar-refractivity contribution is -0.189. The predicted molar refractivity (Wildman–Crippen MR) is 144 cm³/mol. The standard InChI is InChI=1S/C32H38O8/c1-8-17(2)29(36)40-28-20-13-19-21(32(6,26(20)35)23(30(28,3)4)15-24(33)37-7)9-11-31(5)22(19)14-25(34)39-27(31)18-10-12-38-16-18/h8,10,12-14,16,20-21,23,27-28H,9,11,15H2,1-7H3/b17-8+/t20-,21+,23+,27+,28-,31-,32-/m1/s1. The molecule has 2 saturated carbocycles. The highest BCUT2D eigenvalue weighted by Crippen LogP contribution is 2.67. The van der Waals surface area contributed by atoms with Crippen molar-refractivity contribution < 1.29 is 37.8 Å². The second-order valence-electron chi connectivity index (χ2n) is 12.7. The first kappa shape index (κ1) is 28.1. The highest BCUT2D eigenvalue weighted by atomic mass is 16.6. The van der Waals surface area contributed by atoms with Gasteiger partial charge in [-0.15, -0.1) is 0 Å². The van der Waals surface area contributed by atoms with Crippen molar-refractivity contribution in [1.82, 2.24) is 0 Å². The lowest BCUT2D eigenvalue weighted by atomic mass is 9.41. The fourth-order valence-corrected chi connectivity index (χ4v) is 8.01. The van der Waals surface area contributed by atoms with Gasteiger partial charge < -0.3 is 18.6 Å². The first-order valence-electron chi connectivity index (χ1n) is 13.9. The van der Waals surface area contributed by atoms with Crippen LogP contribution in [0.2, 0.25) is 0 Å². The van der Waals surface area contributed by atoms with Crippen LogP contribution in [0.25, 0.3) is 0 Å². The summed E-state index contributed by atoms with van der Waals surface area (Å²) >= 11 is 0. The molecule has 1 aliphatic heterocycles. The van der Waals surface area contributed by atoms with Crippen LogP contribution in [0.5, 0.6) is 0 Å². The number of furan rings is 1. The highest BCUT2D eigenvalue weighted by Gasteiger charge is 2.68. The Balaban J connectivity index is 1.69. The lowest BCUT2D eigenvalue weighted by Crippen LogP contribution is -2.66. The van der Waals surface area contributed by atoms with Gasteiger partial charge in [-0.2, -0.15) is 0 Å². The van der Waals surface area contributed by atoms with Crippen LogP contribution in [-0.4, -0.2) is 36.9 Å². The van der Waals surface area contributed by atoms with E-state index >= 15 is 0 Å². The molecule has 7 atom stereocenters. The maximum atomic E-state index is 14.4. The molecule has 0 amide bonds. The van der Waals surface area contributed by atoms with Gasteiger partial charge in [0.25, 0.3) is 0 Å². The second-order valence-corrected chi connectivity index (χ2v) is 12.7. The summed E-state index contributed by atoms with van der Waals surface area (Å²) in [6.07, 6.45) is 8.30. The van der Waals surface area contributed by atoms with Crippen LogP contribution in [0.3, 0.4) is 0 Å². The Labute approximate surface area is 234 Å². The molecule has 0 radical (unpaired) electrons. The zero-order valence-electron chi connectivity index (χ0n) is 24.2. The van der Waals surface area contributed by atoms with Crippen LogP contribution in [0, 0.1) is 34.0 Å². The van der Waals surface area contributed by atoms with Gasteiger partial charge in [-0.25, -0.2) is 9.59 Å². The number of rotatable bonds is 5. The van der Waals surface area contributed by atoms with E-state index in [1.807, 2.05) is 26.8 Å². The highest BCUT2D eigenvalue weighted by molar-refractivity contribution is 5.95. The molecule has 214 valence electrons. The zero-order valence-corrected chi connectivity index (χ0v) is 24.2. The Hall–Kier alpha value is -3.42. The van der Waals surface area contributed by atoms with E-state index in [9.17, 15) is 19.2 Å². The monoisotopic (exact) mass is 550 g/mol. The van der Waals surface area contributed by atoms with Crippen molar-refractivity contribution >= 4 is 23.7 Å². The molecule has 8 heteroatoms. The number of esters is 3. The maximum Gasteiger partial charge on any atom is 0.333 e. The van der Waals surface area contributed by atoms with E-state index in [0.29, 0.717) is 18.4 Å². The third-order valence-corrected chi connectivity index (χ3v) is 10.4. The summed E-state index contributed by atoms with van der Waals surface area (Å²) in [6.45, 7) is 11.4. The lowest BCUT2D eigenvalue weighted by Gasteiger charge is -2.62. The Morgan fingerprint density at radius 2 is 1.90 bits per heavy atom. The average molecular weight is 551 g/mol. The van der Waals surface area contributed by atoms with Crippen LogP contribution in [0.15, 0.2) is 58.0 Å². The SMILES string of the molecule is C/C=C(\C)C(=O)O[C@@H]1[C@@H]2C=C3C4=CC(=O)O[C@@H](c5ccoc5)[C@]4(C)CC[C@@H]3[C@@](C)(C2=O)[C@@H](CC(=O)OC)C1(C)C. The number of Topliss-reactive ketones (excluding diaryl/α,β-unsaturated/α-hetero) is 1. The predicted octanol–water partition coefficient (Wildman–Crippen LogP) is 5.45. The molecule has 3 aliphatic carbocycles. The molecule has 0 aromatic carbocycles. The Morgan fingerprint density at radius 1 is 1.18 bits per heavy atom. The number of hydrogen-bond acceptors (Lipinski definition) is 8. The van der Waals surface area contributed by atoms with Crippen molar-refractivity contribution in [2.24, 2.45) is 34.0 Å². The number of hydrogen-bond donors (Lipinski definition) is 0. The summed E-state index contributed by atoms with van der Waals surface area (Å²) < 4.78 is 22.4. The number of carbonyl (C=O) groups excluding carboxylic acids is 4. The molecule has 0 N–H and O–H groups in total. The molecule has 40 heavy (non-hydrogen) atoms. The molecule has 0 saturated heterocycles. The number of methoxy groups -OCH3 is 1. The van der Waals surface area contributed by atoms with Crippen LogP contribution in [0.1, 0.15) is 72.5 Å². The van der Waals surface area contributed by atoms with Gasteiger partial charge in [0.05, 0.1) is 25.6 Å². The van der Waals surface area contributed by atoms with Crippen LogP contribution < -0.4 is 0 Å². The Bertz CT molecular complexity index is 1340. The van der Waals surface area contributed by atoms with Gasteiger partial charge in [-0.1, -0.05) is 39.8 Å². The topological polar surface area (TPSA) is 109 Å². The quantitative estimate of drug-likeness (QED) is 0.271. The van der Waals surface area contributed by atoms with Gasteiger partial charge in [-0.05, 0) is 55.7 Å². The van der Waals surface area contributed by atoms with E-state index in [0.717, 1.165) is 16.7 Å². The van der Waals surface area contributed by atoms with E-state index in [2.05, 4.69) is 6.92 Å². The fourth-order valence-electron chi connectivity index (χ4n) is 8.01. The van der Waals surface area contributed by atoms with E-state index < -0.39 is 58.2 Å². The summed E-state index contributed by atoms with van der Waals surface area (Å²) in [6, 6.07) is 1.81. The average Bonchev–Trinajstić information content (AvgIpc) is 3.45. The molecule has 2 bridgehead atoms. The minimum Gasteiger partial charge on any atom is -0.472 e. The first-order chi connectivity index (χ1) is 18.8. The van der Waals surface area contributed by atoms with Crippen molar-refractivity contribution in [2.75, 3.05) is 7.11 Å². The summed E-state index contributed by atoms with van der Waals surface area (Å²) in [5.74, 6) is -2.85. The van der Waals surface area contributed by atoms with Crippen molar-refractivity contribution in [1.29, 1.82) is 0 Å². The van der Waals surface area contributed by atoms with Crippen LogP contribution in [0.4, 0.5) is 0 Å². The number of ether oxygens (including phenoxy) is 3. The zero-order chi connectivity index (χ0) is 29.2. The molecule has 4 aliphatic rings. The molecule has 2 heterocycles. The molecule has 8 nitrogen and oxygen atoms in total. The molecule has 2 fully saturated rings. The Kier molecular flexibility index (Phi) is 6.75. The molecule has 1 aromatic rings. The fraction of sp³-hybridized carbons (Fsp3) is 0.562. The van der Waals surface area contributed by atoms with Crippen molar-refractivity contribution in [3.05, 3.63) is 59.1 Å².